The van der Waals surface area contributed by atoms with Crippen molar-refractivity contribution in [3.8, 4) is 0 Å². The van der Waals surface area contributed by atoms with Crippen molar-refractivity contribution in [3.05, 3.63) is 57.4 Å². The smallest absolute Gasteiger partial charge is 0.363 e. The van der Waals surface area contributed by atoms with Crippen LogP contribution in [-0.2, 0) is 19.6 Å². The molecule has 2 aromatic rings. The van der Waals surface area contributed by atoms with Crippen molar-refractivity contribution >= 4 is 39.3 Å². The zero-order chi connectivity index (χ0) is 18.2. The maximum Gasteiger partial charge on any atom is 0.363 e. The number of benzene rings is 1. The van der Waals surface area contributed by atoms with E-state index in [0.29, 0.717) is 5.56 Å². The fourth-order valence-corrected chi connectivity index (χ4v) is 3.99. The molecule has 0 fully saturated rings. The molecule has 1 aliphatic heterocycles. The molecule has 8 heteroatoms. The molecule has 130 valence electrons. The van der Waals surface area contributed by atoms with Crippen molar-refractivity contribution in [2.75, 3.05) is 14.1 Å². The lowest BCUT2D eigenvalue weighted by Gasteiger charge is -2.11. The molecule has 0 bridgehead atoms. The molecule has 1 aliphatic rings. The largest absolute Gasteiger partial charge is 0.402 e. The highest BCUT2D eigenvalue weighted by Crippen LogP contribution is 2.24. The van der Waals surface area contributed by atoms with Gasteiger partial charge in [0.2, 0.25) is 15.9 Å². The minimum Gasteiger partial charge on any atom is -0.402 e. The molecule has 0 saturated heterocycles. The number of esters is 1. The average molecular weight is 376 g/mol. The highest BCUT2D eigenvalue weighted by molar-refractivity contribution is 7.89. The summed E-state index contributed by atoms with van der Waals surface area (Å²) in [7, 11) is -0.662. The molecule has 1 aromatic heterocycles. The van der Waals surface area contributed by atoms with E-state index in [1.165, 1.54) is 37.6 Å². The van der Waals surface area contributed by atoms with Crippen molar-refractivity contribution in [2.24, 2.45) is 4.99 Å². The molecule has 0 N–H and O–H groups in total. The van der Waals surface area contributed by atoms with E-state index in [4.69, 9.17) is 4.74 Å². The normalized spacial score (nSPS) is 16.4. The van der Waals surface area contributed by atoms with E-state index in [-0.39, 0.29) is 16.5 Å². The van der Waals surface area contributed by atoms with Crippen LogP contribution in [0.4, 0.5) is 0 Å². The van der Waals surface area contributed by atoms with E-state index < -0.39 is 16.0 Å². The Morgan fingerprint density at radius 2 is 2.00 bits per heavy atom. The summed E-state index contributed by atoms with van der Waals surface area (Å²) in [6, 6.07) is 8.13. The minimum atomic E-state index is -3.58. The van der Waals surface area contributed by atoms with Crippen molar-refractivity contribution in [3.63, 3.8) is 0 Å². The van der Waals surface area contributed by atoms with Crippen molar-refractivity contribution < 1.29 is 17.9 Å². The number of cyclic esters (lactones) is 1. The first-order valence-electron chi connectivity index (χ1n) is 7.38. The molecule has 0 aliphatic carbocycles. The zero-order valence-corrected chi connectivity index (χ0v) is 15.5. The third kappa shape index (κ3) is 3.41. The number of nitrogens with zero attached hydrogens (tertiary/aromatic N) is 2. The van der Waals surface area contributed by atoms with Crippen LogP contribution in [0.25, 0.3) is 6.08 Å². The predicted octanol–water partition coefficient (Wildman–Crippen LogP) is 2.65. The van der Waals surface area contributed by atoms with E-state index in [1.54, 1.807) is 18.2 Å². The van der Waals surface area contributed by atoms with Crippen LogP contribution in [0.5, 0.6) is 0 Å². The molecule has 25 heavy (non-hydrogen) atoms. The van der Waals surface area contributed by atoms with E-state index in [0.717, 1.165) is 14.7 Å². The fourth-order valence-electron chi connectivity index (χ4n) is 2.19. The van der Waals surface area contributed by atoms with Gasteiger partial charge in [-0.15, -0.1) is 11.3 Å². The van der Waals surface area contributed by atoms with E-state index in [9.17, 15) is 13.2 Å². The number of hydrogen-bond acceptors (Lipinski definition) is 6. The van der Waals surface area contributed by atoms with Crippen LogP contribution in [-0.4, -0.2) is 38.7 Å². The van der Waals surface area contributed by atoms with Gasteiger partial charge < -0.3 is 4.74 Å². The number of aliphatic imine (C=N–C) groups is 1. The van der Waals surface area contributed by atoms with Crippen LogP contribution in [0.3, 0.4) is 0 Å². The number of thiophene rings is 1. The van der Waals surface area contributed by atoms with Gasteiger partial charge in [0.05, 0.1) is 4.90 Å². The van der Waals surface area contributed by atoms with Gasteiger partial charge in [0.1, 0.15) is 0 Å². The maximum atomic E-state index is 12.2. The topological polar surface area (TPSA) is 76.0 Å². The quantitative estimate of drug-likeness (QED) is 0.607. The lowest BCUT2D eigenvalue weighted by atomic mass is 10.2. The number of hydrogen-bond donors (Lipinski definition) is 0. The molecular weight excluding hydrogens is 360 g/mol. The summed E-state index contributed by atoms with van der Waals surface area (Å²) < 4.78 is 30.8. The van der Waals surface area contributed by atoms with Crippen molar-refractivity contribution in [1.82, 2.24) is 4.31 Å². The summed E-state index contributed by atoms with van der Waals surface area (Å²) in [5.41, 5.74) is 1.68. The van der Waals surface area contributed by atoms with Crippen LogP contribution < -0.4 is 0 Å². The molecule has 1 aromatic carbocycles. The summed E-state index contributed by atoms with van der Waals surface area (Å²) in [6.07, 6.45) is 1.68. The Hall–Kier alpha value is -2.29. The molecule has 0 amide bonds. The van der Waals surface area contributed by atoms with Gasteiger partial charge in [0.25, 0.3) is 0 Å². The number of aryl methyl sites for hydroxylation is 1. The standard InChI is InChI=1S/C17H16N2O4S2/c1-11-7-8-24-15(11)10-14-17(20)23-16(18-14)12-5-4-6-13(9-12)25(21,22)19(2)3/h4-10H,1-3H3. The van der Waals surface area contributed by atoms with E-state index in [2.05, 4.69) is 4.99 Å². The molecule has 0 saturated carbocycles. The summed E-state index contributed by atoms with van der Waals surface area (Å²) in [4.78, 5) is 17.3. The van der Waals surface area contributed by atoms with Crippen molar-refractivity contribution in [1.29, 1.82) is 0 Å². The predicted molar refractivity (Wildman–Crippen MR) is 97.0 cm³/mol. The van der Waals surface area contributed by atoms with Gasteiger partial charge in [-0.2, -0.15) is 0 Å². The molecular formula is C17H16N2O4S2. The van der Waals surface area contributed by atoms with Crippen LogP contribution in [0.1, 0.15) is 16.0 Å². The van der Waals surface area contributed by atoms with Gasteiger partial charge in [-0.1, -0.05) is 6.07 Å². The number of ether oxygens (including phenoxy) is 1. The summed E-state index contributed by atoms with van der Waals surface area (Å²) >= 11 is 1.51. The fraction of sp³-hybridized carbons (Fsp3) is 0.176. The molecule has 3 rings (SSSR count). The molecule has 0 unspecified atom stereocenters. The van der Waals surface area contributed by atoms with Gasteiger partial charge in [-0.25, -0.2) is 22.5 Å². The lowest BCUT2D eigenvalue weighted by Crippen LogP contribution is -2.22. The number of rotatable bonds is 4. The first-order valence-corrected chi connectivity index (χ1v) is 9.70. The Balaban J connectivity index is 1.98. The molecule has 2 heterocycles. The first kappa shape index (κ1) is 17.5. The maximum absolute atomic E-state index is 12.2. The van der Waals surface area contributed by atoms with Gasteiger partial charge >= 0.3 is 5.97 Å². The van der Waals surface area contributed by atoms with Gasteiger partial charge in [-0.3, -0.25) is 0 Å². The van der Waals surface area contributed by atoms with Crippen LogP contribution in [0.15, 0.2) is 51.3 Å². The minimum absolute atomic E-state index is 0.0984. The number of carbonyl (C=O) groups excluding carboxylic acids is 1. The van der Waals surface area contributed by atoms with Crippen LogP contribution in [0, 0.1) is 6.92 Å². The van der Waals surface area contributed by atoms with Crippen LogP contribution >= 0.6 is 11.3 Å². The molecule has 0 radical (unpaired) electrons. The van der Waals surface area contributed by atoms with Gasteiger partial charge in [0.15, 0.2) is 5.70 Å². The zero-order valence-electron chi connectivity index (χ0n) is 13.9. The lowest BCUT2D eigenvalue weighted by molar-refractivity contribution is -0.129. The SMILES string of the molecule is Cc1ccsc1C=C1N=C(c2cccc(S(=O)(=O)N(C)C)c2)OC1=O. The Bertz CT molecular complexity index is 1000. The summed E-state index contributed by atoms with van der Waals surface area (Å²) in [6.45, 7) is 1.95. The highest BCUT2D eigenvalue weighted by Gasteiger charge is 2.26. The summed E-state index contributed by atoms with van der Waals surface area (Å²) in [5, 5.41) is 1.93. The van der Waals surface area contributed by atoms with Crippen LogP contribution in [0.2, 0.25) is 0 Å². The van der Waals surface area contributed by atoms with E-state index >= 15 is 0 Å². The summed E-state index contributed by atoms with van der Waals surface area (Å²) in [5.74, 6) is -0.454. The Morgan fingerprint density at radius 1 is 1.24 bits per heavy atom. The second-order valence-electron chi connectivity index (χ2n) is 5.62. The molecule has 0 spiro atoms. The van der Waals surface area contributed by atoms with E-state index in [1.807, 2.05) is 18.4 Å². The van der Waals surface area contributed by atoms with Gasteiger partial charge in [-0.05, 0) is 48.2 Å². The average Bonchev–Trinajstić information content (AvgIpc) is 3.14. The van der Waals surface area contributed by atoms with Gasteiger partial charge in [0, 0.05) is 24.5 Å². The second-order valence-corrected chi connectivity index (χ2v) is 8.72. The Labute approximate surface area is 150 Å². The molecule has 6 nitrogen and oxygen atoms in total. The monoisotopic (exact) mass is 376 g/mol. The highest BCUT2D eigenvalue weighted by atomic mass is 32.2. The third-order valence-electron chi connectivity index (χ3n) is 3.65. The Kier molecular flexibility index (Phi) is 4.59. The number of carbonyl (C=O) groups is 1. The number of sulfonamides is 1. The third-order valence-corrected chi connectivity index (χ3v) is 6.43. The molecule has 0 atom stereocenters. The Morgan fingerprint density at radius 3 is 2.64 bits per heavy atom. The second kappa shape index (κ2) is 6.55. The van der Waals surface area contributed by atoms with Crippen molar-refractivity contribution in [2.45, 2.75) is 11.8 Å². The first-order chi connectivity index (χ1) is 11.8.